The van der Waals surface area contributed by atoms with Crippen molar-refractivity contribution in [2.45, 2.75) is 25.4 Å². The summed E-state index contributed by atoms with van der Waals surface area (Å²) in [6.45, 7) is 3.33. The summed E-state index contributed by atoms with van der Waals surface area (Å²) in [6, 6.07) is 5.17. The summed E-state index contributed by atoms with van der Waals surface area (Å²) in [5.74, 6) is -0.653. The standard InChI is InChI=1S/C14H18N2O6S/c1-3-22-13(18)11-8(2)15-14(23(19,20)21)16-12(11)9-5-4-6-10(17)7-9/h4-7,12,14-17H,3H2,1-2H3,(H,19,20,21). The summed E-state index contributed by atoms with van der Waals surface area (Å²) in [4.78, 5) is 12.2. The molecule has 23 heavy (non-hydrogen) atoms. The van der Waals surface area contributed by atoms with Crippen LogP contribution in [0.15, 0.2) is 35.5 Å². The van der Waals surface area contributed by atoms with Crippen molar-refractivity contribution in [2.75, 3.05) is 6.61 Å². The first-order valence-electron chi connectivity index (χ1n) is 6.89. The van der Waals surface area contributed by atoms with Gasteiger partial charge in [0.05, 0.1) is 18.2 Å². The van der Waals surface area contributed by atoms with Crippen molar-refractivity contribution >= 4 is 16.1 Å². The number of phenols is 1. The van der Waals surface area contributed by atoms with E-state index in [0.717, 1.165) is 0 Å². The number of hydrogen-bond acceptors (Lipinski definition) is 7. The minimum Gasteiger partial charge on any atom is -0.508 e. The number of carbonyl (C=O) groups excluding carboxylic acids is 1. The second kappa shape index (κ2) is 6.57. The Balaban J connectivity index is 2.52. The van der Waals surface area contributed by atoms with Crippen molar-refractivity contribution < 1.29 is 27.6 Å². The first-order valence-corrected chi connectivity index (χ1v) is 8.40. The number of carbonyl (C=O) groups is 1. The predicted octanol–water partition coefficient (Wildman–Crippen LogP) is 0.635. The van der Waals surface area contributed by atoms with E-state index in [2.05, 4.69) is 10.6 Å². The second-order valence-corrected chi connectivity index (χ2v) is 6.49. The van der Waals surface area contributed by atoms with Crippen LogP contribution < -0.4 is 10.6 Å². The Hall–Kier alpha value is -2.10. The Kier molecular flexibility index (Phi) is 4.93. The van der Waals surface area contributed by atoms with Crippen LogP contribution >= 0.6 is 0 Å². The lowest BCUT2D eigenvalue weighted by Crippen LogP contribution is -2.53. The van der Waals surface area contributed by atoms with Gasteiger partial charge in [-0.15, -0.1) is 0 Å². The molecule has 0 aromatic heterocycles. The molecule has 0 fully saturated rings. The molecule has 0 spiro atoms. The van der Waals surface area contributed by atoms with Crippen LogP contribution in [0.25, 0.3) is 0 Å². The number of allylic oxidation sites excluding steroid dienone is 1. The van der Waals surface area contributed by atoms with Crippen LogP contribution in [0.1, 0.15) is 25.5 Å². The van der Waals surface area contributed by atoms with E-state index in [4.69, 9.17) is 4.74 Å². The molecule has 4 N–H and O–H groups in total. The summed E-state index contributed by atoms with van der Waals surface area (Å²) in [5, 5.41) is 14.8. The number of aromatic hydroxyl groups is 1. The van der Waals surface area contributed by atoms with Gasteiger partial charge in [-0.1, -0.05) is 12.1 Å². The third-order valence-corrected chi connectivity index (χ3v) is 4.20. The summed E-state index contributed by atoms with van der Waals surface area (Å²) in [6.07, 6.45) is 0. The average molecular weight is 342 g/mol. The first kappa shape index (κ1) is 17.3. The lowest BCUT2D eigenvalue weighted by atomic mass is 9.95. The Labute approximate surface area is 133 Å². The van der Waals surface area contributed by atoms with Crippen LogP contribution in [0.2, 0.25) is 0 Å². The van der Waals surface area contributed by atoms with Gasteiger partial charge in [-0.2, -0.15) is 8.42 Å². The molecule has 126 valence electrons. The van der Waals surface area contributed by atoms with Gasteiger partial charge in [-0.25, -0.2) is 4.79 Å². The lowest BCUT2D eigenvalue weighted by molar-refractivity contribution is -0.139. The summed E-state index contributed by atoms with van der Waals surface area (Å²) in [7, 11) is -4.44. The maximum Gasteiger partial charge on any atom is 0.337 e. The van der Waals surface area contributed by atoms with Crippen molar-refractivity contribution in [3.05, 3.63) is 41.1 Å². The Bertz CT molecular complexity index is 743. The summed E-state index contributed by atoms with van der Waals surface area (Å²) >= 11 is 0. The van der Waals surface area contributed by atoms with Gasteiger partial charge in [0.2, 0.25) is 5.50 Å². The molecule has 0 aliphatic carbocycles. The third-order valence-electron chi connectivity index (χ3n) is 3.36. The van der Waals surface area contributed by atoms with Crippen molar-refractivity contribution in [1.82, 2.24) is 10.6 Å². The minimum absolute atomic E-state index is 0.0351. The molecule has 0 saturated carbocycles. The molecule has 9 heteroatoms. The van der Waals surface area contributed by atoms with E-state index < -0.39 is 27.6 Å². The van der Waals surface area contributed by atoms with Gasteiger partial charge in [-0.3, -0.25) is 9.87 Å². The molecular weight excluding hydrogens is 324 g/mol. The Morgan fingerprint density at radius 2 is 2.09 bits per heavy atom. The van der Waals surface area contributed by atoms with Gasteiger partial charge in [0.15, 0.2) is 0 Å². The highest BCUT2D eigenvalue weighted by Gasteiger charge is 2.37. The second-order valence-electron chi connectivity index (χ2n) is 4.99. The molecule has 1 heterocycles. The number of esters is 1. The molecular formula is C14H18N2O6S. The van der Waals surface area contributed by atoms with E-state index >= 15 is 0 Å². The number of ether oxygens (including phenoxy) is 1. The highest BCUT2D eigenvalue weighted by atomic mass is 32.2. The van der Waals surface area contributed by atoms with E-state index in [9.17, 15) is 22.9 Å². The fourth-order valence-corrected chi connectivity index (χ4v) is 3.01. The topological polar surface area (TPSA) is 125 Å². The van der Waals surface area contributed by atoms with E-state index in [1.807, 2.05) is 0 Å². The van der Waals surface area contributed by atoms with Crippen LogP contribution in [-0.2, 0) is 19.6 Å². The summed E-state index contributed by atoms with van der Waals surface area (Å²) in [5.41, 5.74) is -0.578. The fourth-order valence-electron chi connectivity index (χ4n) is 2.37. The van der Waals surface area contributed by atoms with Gasteiger partial charge < -0.3 is 15.2 Å². The smallest absolute Gasteiger partial charge is 0.337 e. The third kappa shape index (κ3) is 3.81. The molecule has 1 aromatic rings. The first-order chi connectivity index (χ1) is 10.7. The molecule has 2 unspecified atom stereocenters. The molecule has 1 aromatic carbocycles. The number of hydrogen-bond donors (Lipinski definition) is 4. The molecule has 0 amide bonds. The van der Waals surface area contributed by atoms with E-state index in [-0.39, 0.29) is 23.6 Å². The molecule has 2 rings (SSSR count). The average Bonchev–Trinajstić information content (AvgIpc) is 2.45. The highest BCUT2D eigenvalue weighted by Crippen LogP contribution is 2.30. The number of phenolic OH excluding ortho intramolecular Hbond substituents is 1. The molecule has 1 aliphatic rings. The zero-order valence-electron chi connectivity index (χ0n) is 12.6. The van der Waals surface area contributed by atoms with Gasteiger partial charge in [-0.05, 0) is 31.5 Å². The summed E-state index contributed by atoms with van der Waals surface area (Å²) < 4.78 is 37.1. The van der Waals surface area contributed by atoms with E-state index in [1.54, 1.807) is 19.1 Å². The molecule has 8 nitrogen and oxygen atoms in total. The molecule has 0 saturated heterocycles. The normalized spacial score (nSPS) is 21.7. The van der Waals surface area contributed by atoms with Gasteiger partial charge in [0.25, 0.3) is 10.1 Å². The quantitative estimate of drug-likeness (QED) is 0.464. The van der Waals surface area contributed by atoms with E-state index in [1.165, 1.54) is 19.1 Å². The van der Waals surface area contributed by atoms with Crippen molar-refractivity contribution in [3.63, 3.8) is 0 Å². The van der Waals surface area contributed by atoms with Crippen molar-refractivity contribution in [3.8, 4) is 5.75 Å². The monoisotopic (exact) mass is 342 g/mol. The predicted molar refractivity (Wildman–Crippen MR) is 81.8 cm³/mol. The maximum absolute atomic E-state index is 12.2. The SMILES string of the molecule is CCOC(=O)C1=C(C)NC(S(=O)(=O)O)NC1c1cccc(O)c1. The van der Waals surface area contributed by atoms with Gasteiger partial charge >= 0.3 is 5.97 Å². The largest absolute Gasteiger partial charge is 0.508 e. The van der Waals surface area contributed by atoms with Gasteiger partial charge in [0.1, 0.15) is 5.75 Å². The minimum atomic E-state index is -4.44. The zero-order valence-corrected chi connectivity index (χ0v) is 13.4. The highest BCUT2D eigenvalue weighted by molar-refractivity contribution is 7.86. The van der Waals surface area contributed by atoms with Crippen LogP contribution in [0.5, 0.6) is 5.75 Å². The van der Waals surface area contributed by atoms with Gasteiger partial charge in [0, 0.05) is 5.70 Å². The molecule has 0 radical (unpaired) electrons. The van der Waals surface area contributed by atoms with Crippen LogP contribution in [-0.4, -0.2) is 36.2 Å². The van der Waals surface area contributed by atoms with E-state index in [0.29, 0.717) is 5.56 Å². The van der Waals surface area contributed by atoms with Crippen molar-refractivity contribution in [1.29, 1.82) is 0 Å². The Morgan fingerprint density at radius 1 is 1.39 bits per heavy atom. The van der Waals surface area contributed by atoms with Crippen LogP contribution in [0, 0.1) is 0 Å². The van der Waals surface area contributed by atoms with Crippen LogP contribution in [0.4, 0.5) is 0 Å². The maximum atomic E-state index is 12.2. The number of nitrogens with one attached hydrogen (secondary N) is 2. The Morgan fingerprint density at radius 3 is 2.65 bits per heavy atom. The fraction of sp³-hybridized carbons (Fsp3) is 0.357. The molecule has 2 atom stereocenters. The molecule has 1 aliphatic heterocycles. The lowest BCUT2D eigenvalue weighted by Gasteiger charge is -2.33. The zero-order chi connectivity index (χ0) is 17.2. The molecule has 0 bridgehead atoms. The number of rotatable bonds is 4. The number of benzene rings is 1. The van der Waals surface area contributed by atoms with Crippen molar-refractivity contribution in [2.24, 2.45) is 0 Å². The van der Waals surface area contributed by atoms with Crippen LogP contribution in [0.3, 0.4) is 0 Å².